The molecule has 0 bridgehead atoms. The first-order chi connectivity index (χ1) is 8.81. The molecule has 0 fully saturated rings. The third-order valence-corrected chi connectivity index (χ3v) is 2.50. The summed E-state index contributed by atoms with van der Waals surface area (Å²) in [7, 11) is 0. The Hall–Kier alpha value is -1.98. The maximum atomic E-state index is 13.7. The van der Waals surface area contributed by atoms with E-state index in [4.69, 9.17) is 5.73 Å². The first kappa shape index (κ1) is 15.1. The van der Waals surface area contributed by atoms with E-state index in [1.165, 1.54) is 0 Å². The number of Topliss-reactive ketones (excluding diaryl/α,β-unsaturated/α-hetero) is 1. The van der Waals surface area contributed by atoms with Crippen molar-refractivity contribution in [3.63, 3.8) is 0 Å². The fourth-order valence-electron chi connectivity index (χ4n) is 1.56. The van der Waals surface area contributed by atoms with Gasteiger partial charge in [-0.2, -0.15) is 13.2 Å². The summed E-state index contributed by atoms with van der Waals surface area (Å²) in [4.78, 5) is 11.6. The highest BCUT2D eigenvalue weighted by Gasteiger charge is 2.32. The van der Waals surface area contributed by atoms with E-state index in [-0.39, 0.29) is 12.1 Å². The minimum absolute atomic E-state index is 0.194. The van der Waals surface area contributed by atoms with Gasteiger partial charge in [-0.3, -0.25) is 4.79 Å². The van der Waals surface area contributed by atoms with Crippen LogP contribution in [-0.4, -0.2) is 25.3 Å². The summed E-state index contributed by atoms with van der Waals surface area (Å²) < 4.78 is 54.0. The summed E-state index contributed by atoms with van der Waals surface area (Å²) >= 11 is 0. The molecule has 0 spiro atoms. The minimum atomic E-state index is -4.64. The number of carbonyl (C=O) groups is 1. The highest BCUT2D eigenvalue weighted by Crippen LogP contribution is 2.31. The number of halogens is 4. The maximum absolute atomic E-state index is 13.7. The number of nitrogens with two attached hydrogens (primary N) is 1. The van der Waals surface area contributed by atoms with Gasteiger partial charge in [-0.1, -0.05) is 6.07 Å². The molecule has 3 nitrogen and oxygen atoms in total. The Labute approximate surface area is 106 Å². The Morgan fingerprint density at radius 1 is 1.47 bits per heavy atom. The normalized spacial score (nSPS) is 12.7. The van der Waals surface area contributed by atoms with Gasteiger partial charge in [0.2, 0.25) is 5.78 Å². The second-order valence-corrected chi connectivity index (χ2v) is 3.74. The van der Waals surface area contributed by atoms with E-state index in [2.05, 4.69) is 11.4 Å². The fraction of sp³-hybridized carbons (Fsp3) is 0.250. The van der Waals surface area contributed by atoms with E-state index in [0.717, 1.165) is 12.3 Å². The molecule has 0 aliphatic carbocycles. The van der Waals surface area contributed by atoms with Crippen molar-refractivity contribution in [1.29, 1.82) is 0 Å². The van der Waals surface area contributed by atoms with Gasteiger partial charge < -0.3 is 5.73 Å². The number of alkyl halides is 3. The van der Waals surface area contributed by atoms with E-state index in [1.54, 1.807) is 0 Å². The molecule has 0 saturated heterocycles. The zero-order valence-electron chi connectivity index (χ0n) is 9.75. The van der Waals surface area contributed by atoms with Gasteiger partial charge in [0, 0.05) is 12.1 Å². The molecule has 1 aromatic carbocycles. The standard InChI is InChI=1S/C12H11F4N2O/c1-18-6-11(19)9(5-17)8-3-2-7(4-10(8)13)12(14,15)16/h2-4,6,9H,1,5,17H2/q+1/t9-/m1/s1. The van der Waals surface area contributed by atoms with Crippen LogP contribution in [0, 0.1) is 5.82 Å². The van der Waals surface area contributed by atoms with Crippen LogP contribution in [-0.2, 0) is 11.0 Å². The summed E-state index contributed by atoms with van der Waals surface area (Å²) in [5.41, 5.74) is 4.02. The molecule has 0 unspecified atom stereocenters. The van der Waals surface area contributed by atoms with Crippen LogP contribution in [0.5, 0.6) is 0 Å². The smallest absolute Gasteiger partial charge is 0.329 e. The Bertz CT molecular complexity index is 533. The van der Waals surface area contributed by atoms with Gasteiger partial charge in [-0.15, -0.1) is 4.67 Å². The lowest BCUT2D eigenvalue weighted by Gasteiger charge is -2.13. The van der Waals surface area contributed by atoms with Gasteiger partial charge in [-0.25, -0.2) is 4.39 Å². The first-order valence-electron chi connectivity index (χ1n) is 5.21. The van der Waals surface area contributed by atoms with E-state index in [0.29, 0.717) is 12.1 Å². The van der Waals surface area contributed by atoms with Gasteiger partial charge in [0.05, 0.1) is 11.5 Å². The number of hydrogen-bond acceptors (Lipinski definition) is 2. The topological polar surface area (TPSA) is 57.2 Å². The molecule has 0 heterocycles. The van der Waals surface area contributed by atoms with Crippen LogP contribution in [0.3, 0.4) is 0 Å². The molecule has 2 N–H and O–H groups in total. The van der Waals surface area contributed by atoms with Crippen molar-refractivity contribution in [3.8, 4) is 0 Å². The largest absolute Gasteiger partial charge is 0.416 e. The van der Waals surface area contributed by atoms with Crippen molar-refractivity contribution in [1.82, 2.24) is 4.67 Å². The van der Waals surface area contributed by atoms with Gasteiger partial charge >= 0.3 is 12.4 Å². The fourth-order valence-corrected chi connectivity index (χ4v) is 1.56. The second kappa shape index (κ2) is 5.77. The Kier molecular flexibility index (Phi) is 4.58. The molecule has 1 atom stereocenters. The number of carbonyl (C=O) groups excluding carboxylic acids is 1. The lowest BCUT2D eigenvalue weighted by molar-refractivity contribution is -0.137. The predicted octanol–water partition coefficient (Wildman–Crippen LogP) is 1.29. The molecule has 19 heavy (non-hydrogen) atoms. The molecule has 102 valence electrons. The van der Waals surface area contributed by atoms with E-state index < -0.39 is 29.3 Å². The van der Waals surface area contributed by atoms with Crippen LogP contribution in [0.15, 0.2) is 18.2 Å². The zero-order chi connectivity index (χ0) is 14.6. The number of ketones is 1. The highest BCUT2D eigenvalue weighted by atomic mass is 19.4. The lowest BCUT2D eigenvalue weighted by atomic mass is 9.93. The number of rotatable bonds is 4. The summed E-state index contributed by atoms with van der Waals surface area (Å²) in [6.07, 6.45) is -3.79. The molecule has 1 aromatic rings. The zero-order valence-corrected chi connectivity index (χ0v) is 9.75. The van der Waals surface area contributed by atoms with Crippen LogP contribution in [0.25, 0.3) is 0 Å². The molecule has 0 aromatic heterocycles. The Balaban J connectivity index is 3.21. The molecule has 1 rings (SSSR count). The first-order valence-corrected chi connectivity index (χ1v) is 5.21. The van der Waals surface area contributed by atoms with Gasteiger partial charge in [-0.05, 0) is 12.1 Å². The second-order valence-electron chi connectivity index (χ2n) is 3.74. The number of hydrogen-bond donors (Lipinski definition) is 1. The van der Waals surface area contributed by atoms with Crippen LogP contribution < -0.4 is 10.4 Å². The van der Waals surface area contributed by atoms with Gasteiger partial charge in [0.15, 0.2) is 0 Å². The molecule has 0 amide bonds. The highest BCUT2D eigenvalue weighted by molar-refractivity contribution is 6.29. The molecule has 0 radical (unpaired) electrons. The van der Waals surface area contributed by atoms with Crippen molar-refractivity contribution in [2.45, 2.75) is 12.1 Å². The lowest BCUT2D eigenvalue weighted by Crippen LogP contribution is -2.24. The average molecular weight is 275 g/mol. The maximum Gasteiger partial charge on any atom is 0.416 e. The summed E-state index contributed by atoms with van der Waals surface area (Å²) in [6.45, 7) is 2.83. The van der Waals surface area contributed by atoms with Crippen molar-refractivity contribution in [2.75, 3.05) is 6.54 Å². The Morgan fingerprint density at radius 3 is 2.53 bits per heavy atom. The molecule has 0 aliphatic heterocycles. The Morgan fingerprint density at radius 2 is 2.11 bits per heavy atom. The van der Waals surface area contributed by atoms with Gasteiger partial charge in [0.1, 0.15) is 5.82 Å². The molecule has 0 saturated carbocycles. The molecule has 7 heteroatoms. The van der Waals surface area contributed by atoms with Crippen LogP contribution >= 0.6 is 0 Å². The van der Waals surface area contributed by atoms with E-state index >= 15 is 0 Å². The van der Waals surface area contributed by atoms with Crippen molar-refractivity contribution in [3.05, 3.63) is 35.1 Å². The predicted molar refractivity (Wildman–Crippen MR) is 63.5 cm³/mol. The summed E-state index contributed by atoms with van der Waals surface area (Å²) in [6, 6.07) is 1.95. The SMILES string of the molecule is C=[N+]=CC(=O)[C@H](CN)c1ccc(C(F)(F)F)cc1F. The quantitative estimate of drug-likeness (QED) is 0.511. The molecular formula is C12H11F4N2O+. The van der Waals surface area contributed by atoms with Crippen molar-refractivity contribution in [2.24, 2.45) is 5.73 Å². The number of nitrogens with zero attached hydrogens (tertiary/aromatic N) is 1. The van der Waals surface area contributed by atoms with Crippen LogP contribution in [0.2, 0.25) is 0 Å². The average Bonchev–Trinajstić information content (AvgIpc) is 2.31. The third kappa shape index (κ3) is 3.49. The van der Waals surface area contributed by atoms with Crippen molar-refractivity contribution >= 4 is 18.7 Å². The van der Waals surface area contributed by atoms with Crippen molar-refractivity contribution < 1.29 is 22.4 Å². The molecular weight excluding hydrogens is 264 g/mol. The third-order valence-electron chi connectivity index (χ3n) is 2.50. The van der Waals surface area contributed by atoms with E-state index in [1.807, 2.05) is 0 Å². The number of benzene rings is 1. The van der Waals surface area contributed by atoms with Crippen LogP contribution in [0.4, 0.5) is 17.6 Å². The minimum Gasteiger partial charge on any atom is -0.329 e. The summed E-state index contributed by atoms with van der Waals surface area (Å²) in [5, 5.41) is 0. The van der Waals surface area contributed by atoms with Gasteiger partial charge in [0.25, 0.3) is 6.72 Å². The summed E-state index contributed by atoms with van der Waals surface area (Å²) in [5.74, 6) is -2.82. The van der Waals surface area contributed by atoms with Crippen LogP contribution in [0.1, 0.15) is 17.0 Å². The van der Waals surface area contributed by atoms with E-state index in [9.17, 15) is 22.4 Å². The monoisotopic (exact) mass is 275 g/mol. The molecule has 0 aliphatic rings.